The number of carboxylic acid groups (broad SMARTS) is 1. The number of rotatable bonds is 29. The predicted molar refractivity (Wildman–Crippen MR) is 261 cm³/mol. The number of nitrogens with zero attached hydrogens (tertiary/aromatic N) is 1. The fourth-order valence-electron chi connectivity index (χ4n) is 7.91. The van der Waals surface area contributed by atoms with Gasteiger partial charge in [0.2, 0.25) is 47.3 Å². The van der Waals surface area contributed by atoms with Gasteiger partial charge in [0.1, 0.15) is 60.1 Å². The van der Waals surface area contributed by atoms with Crippen LogP contribution in [0.4, 0.5) is 0 Å². The van der Waals surface area contributed by atoms with Gasteiger partial charge in [-0.3, -0.25) is 38.4 Å². The van der Waals surface area contributed by atoms with Crippen LogP contribution >= 0.6 is 0 Å². The number of amides is 8. The number of phenolic OH excluding ortho intramolecular Hbond substituents is 1. The molecule has 1 saturated heterocycles. The molecule has 2 rings (SSSR count). The lowest BCUT2D eigenvalue weighted by atomic mass is 9.99. The van der Waals surface area contributed by atoms with Gasteiger partial charge in [0.25, 0.3) is 0 Å². The molecule has 0 radical (unpaired) electrons. The molecular formula is C48H80N10O13. The summed E-state index contributed by atoms with van der Waals surface area (Å²) in [5.74, 6) is -9.24. The molecule has 15 N–H and O–H groups in total. The number of aliphatic hydroxyl groups is 2. The summed E-state index contributed by atoms with van der Waals surface area (Å²) in [4.78, 5) is 123. The number of carboxylic acids is 1. The number of aliphatic hydroxyl groups excluding tert-OH is 2. The summed E-state index contributed by atoms with van der Waals surface area (Å²) < 4.78 is 0. The van der Waals surface area contributed by atoms with Crippen molar-refractivity contribution in [1.29, 1.82) is 0 Å². The summed E-state index contributed by atoms with van der Waals surface area (Å²) >= 11 is 0. The fraction of sp³-hybridized carbons (Fsp3) is 0.688. The van der Waals surface area contributed by atoms with E-state index in [4.69, 9.17) is 11.5 Å². The number of carbonyl (C=O) groups is 9. The van der Waals surface area contributed by atoms with Crippen LogP contribution in [0.5, 0.6) is 5.75 Å². The Labute approximate surface area is 416 Å². The first kappa shape index (κ1) is 61.2. The van der Waals surface area contributed by atoms with Gasteiger partial charge in [-0.1, -0.05) is 67.5 Å². The first-order chi connectivity index (χ1) is 33.2. The average molecular weight is 1010 g/mol. The number of benzene rings is 1. The third kappa shape index (κ3) is 19.3. The Balaban J connectivity index is 2.34. The number of aromatic hydroxyl groups is 1. The fourth-order valence-corrected chi connectivity index (χ4v) is 7.91. The number of hydrogen-bond donors (Lipinski definition) is 13. The molecule has 10 atom stereocenters. The van der Waals surface area contributed by atoms with E-state index in [2.05, 4.69) is 37.2 Å². The molecule has 71 heavy (non-hydrogen) atoms. The van der Waals surface area contributed by atoms with Crippen molar-refractivity contribution in [2.24, 2.45) is 35.1 Å². The van der Waals surface area contributed by atoms with Crippen molar-refractivity contribution in [3.05, 3.63) is 29.8 Å². The Hall–Kier alpha value is -5.91. The van der Waals surface area contributed by atoms with Crippen molar-refractivity contribution in [1.82, 2.24) is 42.1 Å². The Bertz CT molecular complexity index is 1970. The monoisotopic (exact) mass is 1000 g/mol. The topological polar surface area (TPSA) is 374 Å². The van der Waals surface area contributed by atoms with E-state index in [9.17, 15) is 63.6 Å². The highest BCUT2D eigenvalue weighted by atomic mass is 16.4. The summed E-state index contributed by atoms with van der Waals surface area (Å²) in [6, 6.07) is -5.72. The SMILES string of the molecule is CC(C)C[C@H](NC(=O)[C@@H](N)CO)C(=O)N[C@H](C(=O)N[C@@H](CCCCN)C(=O)N1CCC[C@H]1C(=O)N[C@H](C(=O)N[C@H](C(=O)N[C@@H](Cc1ccc(O)cc1)C(=O)N[C@H](C(=O)O)C(C)C)C(C)C)[C@@H](C)O)C(C)C. The van der Waals surface area contributed by atoms with E-state index in [1.54, 1.807) is 41.5 Å². The summed E-state index contributed by atoms with van der Waals surface area (Å²) in [6.07, 6.45) is 0.0748. The minimum Gasteiger partial charge on any atom is -0.508 e. The van der Waals surface area contributed by atoms with Crippen molar-refractivity contribution in [3.63, 3.8) is 0 Å². The Morgan fingerprint density at radius 3 is 1.63 bits per heavy atom. The third-order valence-electron chi connectivity index (χ3n) is 12.1. The largest absolute Gasteiger partial charge is 0.508 e. The third-order valence-corrected chi connectivity index (χ3v) is 12.1. The summed E-state index contributed by atoms with van der Waals surface area (Å²) in [6.45, 7) is 14.4. The molecule has 23 heteroatoms. The summed E-state index contributed by atoms with van der Waals surface area (Å²) in [5.41, 5.74) is 11.9. The zero-order valence-corrected chi connectivity index (χ0v) is 42.5. The zero-order chi connectivity index (χ0) is 53.9. The van der Waals surface area contributed by atoms with E-state index in [0.717, 1.165) is 0 Å². The van der Waals surface area contributed by atoms with Gasteiger partial charge in [-0.2, -0.15) is 0 Å². The van der Waals surface area contributed by atoms with Gasteiger partial charge < -0.3 is 74.0 Å². The second-order valence-electron chi connectivity index (χ2n) is 19.7. The molecule has 0 saturated carbocycles. The van der Waals surface area contributed by atoms with Gasteiger partial charge >= 0.3 is 5.97 Å². The van der Waals surface area contributed by atoms with E-state index in [1.165, 1.54) is 36.1 Å². The van der Waals surface area contributed by atoms with Crippen LogP contribution in [-0.2, 0) is 49.6 Å². The van der Waals surface area contributed by atoms with E-state index < -0.39 is 138 Å². The zero-order valence-electron chi connectivity index (χ0n) is 42.5. The molecular weight excluding hydrogens is 925 g/mol. The molecule has 1 aliphatic rings. The van der Waals surface area contributed by atoms with Gasteiger partial charge in [0, 0.05) is 13.0 Å². The van der Waals surface area contributed by atoms with Crippen LogP contribution in [0.2, 0.25) is 0 Å². The highest BCUT2D eigenvalue weighted by molar-refractivity contribution is 5.98. The Kier molecular flexibility index (Phi) is 25.4. The maximum Gasteiger partial charge on any atom is 0.326 e. The number of phenols is 1. The molecule has 1 aromatic rings. The second kappa shape index (κ2) is 29.4. The Morgan fingerprint density at radius 2 is 1.14 bits per heavy atom. The minimum absolute atomic E-state index is 0.0474. The number of aliphatic carboxylic acids is 1. The molecule has 8 amide bonds. The molecule has 1 fully saturated rings. The van der Waals surface area contributed by atoms with E-state index >= 15 is 0 Å². The van der Waals surface area contributed by atoms with Crippen LogP contribution in [0.1, 0.15) is 106 Å². The maximum atomic E-state index is 14.4. The highest BCUT2D eigenvalue weighted by Gasteiger charge is 2.41. The molecule has 1 aliphatic heterocycles. The van der Waals surface area contributed by atoms with E-state index in [1.807, 2.05) is 13.8 Å². The van der Waals surface area contributed by atoms with Crippen LogP contribution < -0.4 is 48.7 Å². The lowest BCUT2D eigenvalue weighted by Crippen LogP contribution is -2.62. The van der Waals surface area contributed by atoms with Gasteiger partial charge in [0.05, 0.1) is 12.7 Å². The highest BCUT2D eigenvalue weighted by Crippen LogP contribution is 2.21. The molecule has 23 nitrogen and oxygen atoms in total. The minimum atomic E-state index is -1.65. The smallest absolute Gasteiger partial charge is 0.326 e. The van der Waals surface area contributed by atoms with Crippen molar-refractivity contribution in [3.8, 4) is 5.75 Å². The molecule has 0 spiro atoms. The summed E-state index contributed by atoms with van der Waals surface area (Å²) in [7, 11) is 0. The van der Waals surface area contributed by atoms with Crippen molar-refractivity contribution < 1.29 is 63.6 Å². The predicted octanol–water partition coefficient (Wildman–Crippen LogP) is -1.75. The summed E-state index contributed by atoms with van der Waals surface area (Å²) in [5, 5.41) is 57.9. The van der Waals surface area contributed by atoms with Crippen LogP contribution in [0.15, 0.2) is 24.3 Å². The van der Waals surface area contributed by atoms with Gasteiger partial charge in [-0.25, -0.2) is 4.79 Å². The molecule has 1 aromatic carbocycles. The van der Waals surface area contributed by atoms with Gasteiger partial charge in [-0.05, 0) is 93.4 Å². The quantitative estimate of drug-likeness (QED) is 0.0396. The lowest BCUT2D eigenvalue weighted by molar-refractivity contribution is -0.144. The van der Waals surface area contributed by atoms with Crippen molar-refractivity contribution >= 4 is 53.2 Å². The lowest BCUT2D eigenvalue weighted by Gasteiger charge is -2.32. The van der Waals surface area contributed by atoms with E-state index in [-0.39, 0.29) is 43.9 Å². The molecule has 1 heterocycles. The Morgan fingerprint density at radius 1 is 0.648 bits per heavy atom. The van der Waals surface area contributed by atoms with Crippen molar-refractivity contribution in [2.45, 2.75) is 168 Å². The van der Waals surface area contributed by atoms with Crippen LogP contribution in [0.25, 0.3) is 0 Å². The molecule has 0 bridgehead atoms. The normalized spacial score (nSPS) is 17.5. The van der Waals surface area contributed by atoms with Crippen LogP contribution in [0, 0.1) is 23.7 Å². The van der Waals surface area contributed by atoms with E-state index in [0.29, 0.717) is 31.4 Å². The van der Waals surface area contributed by atoms with Crippen LogP contribution in [0.3, 0.4) is 0 Å². The maximum absolute atomic E-state index is 14.4. The van der Waals surface area contributed by atoms with Gasteiger partial charge in [-0.15, -0.1) is 0 Å². The first-order valence-electron chi connectivity index (χ1n) is 24.4. The standard InChI is InChI=1S/C48H80N10O13/c1-24(2)21-33(52-40(62)31(50)23-59)41(63)54-36(25(3)4)44(66)51-32(13-10-11-19-49)47(69)58-20-12-14-35(58)43(65)57-39(28(9)60)46(68)55-37(26(5)6)45(67)53-34(22-29-15-17-30(61)18-16-29)42(64)56-38(27(7)8)48(70)71/h15-18,24-28,31-39,59-61H,10-14,19-23,49-50H2,1-9H3,(H,51,66)(H,52,62)(H,53,67)(H,54,63)(H,55,68)(H,56,64)(H,57,65)(H,70,71)/t28-,31+,32+,33+,34+,35+,36+,37+,38+,39+/m1/s1. The molecule has 0 aliphatic carbocycles. The number of carbonyl (C=O) groups excluding carboxylic acids is 8. The number of likely N-dealkylation sites (tertiary alicyclic amines) is 1. The van der Waals surface area contributed by atoms with Gasteiger partial charge in [0.15, 0.2) is 0 Å². The van der Waals surface area contributed by atoms with Crippen LogP contribution in [-0.4, -0.2) is 159 Å². The molecule has 0 aromatic heterocycles. The second-order valence-corrected chi connectivity index (χ2v) is 19.7. The number of nitrogens with two attached hydrogens (primary N) is 2. The molecule has 400 valence electrons. The number of unbranched alkanes of at least 4 members (excludes halogenated alkanes) is 1. The number of hydrogen-bond acceptors (Lipinski definition) is 14. The first-order valence-corrected chi connectivity index (χ1v) is 24.4. The number of nitrogens with one attached hydrogen (secondary N) is 7. The average Bonchev–Trinajstić information content (AvgIpc) is 3.79. The molecule has 0 unspecified atom stereocenters. The van der Waals surface area contributed by atoms with Crippen molar-refractivity contribution in [2.75, 3.05) is 19.7 Å².